The molecule has 26 heavy (non-hydrogen) atoms. The molecule has 4 rings (SSSR count). The van der Waals surface area contributed by atoms with Gasteiger partial charge in [0.1, 0.15) is 4.88 Å². The molecule has 0 radical (unpaired) electrons. The lowest BCUT2D eigenvalue weighted by atomic mass is 10.2. The van der Waals surface area contributed by atoms with E-state index >= 15 is 0 Å². The van der Waals surface area contributed by atoms with E-state index in [1.165, 1.54) is 22.6 Å². The van der Waals surface area contributed by atoms with E-state index in [0.29, 0.717) is 0 Å². The largest absolute Gasteiger partial charge is 0.368 e. The van der Waals surface area contributed by atoms with Crippen LogP contribution in [-0.4, -0.2) is 46.5 Å². The molecule has 1 aliphatic rings. The highest BCUT2D eigenvalue weighted by molar-refractivity contribution is 7.16. The minimum atomic E-state index is 0.0994. The van der Waals surface area contributed by atoms with E-state index in [2.05, 4.69) is 41.1 Å². The fourth-order valence-electron chi connectivity index (χ4n) is 3.29. The number of anilines is 1. The van der Waals surface area contributed by atoms with Gasteiger partial charge in [-0.1, -0.05) is 23.5 Å². The molecule has 0 spiro atoms. The maximum atomic E-state index is 13.0. The summed E-state index contributed by atoms with van der Waals surface area (Å²) in [5.74, 6) is 0.0994. The average molecular weight is 366 g/mol. The summed E-state index contributed by atoms with van der Waals surface area (Å²) < 4.78 is 1.95. The first-order valence-corrected chi connectivity index (χ1v) is 9.65. The molecule has 1 saturated heterocycles. The Balaban J connectivity index is 1.45. The average Bonchev–Trinajstić information content (AvgIpc) is 3.31. The first kappa shape index (κ1) is 16.8. The van der Waals surface area contributed by atoms with Crippen molar-refractivity contribution in [1.82, 2.24) is 14.5 Å². The molecule has 1 aromatic carbocycles. The summed E-state index contributed by atoms with van der Waals surface area (Å²) in [5.41, 5.74) is 3.31. The van der Waals surface area contributed by atoms with Gasteiger partial charge in [-0.15, -0.1) is 0 Å². The number of rotatable bonds is 3. The summed E-state index contributed by atoms with van der Waals surface area (Å²) in [7, 11) is 0. The van der Waals surface area contributed by atoms with Gasteiger partial charge in [-0.25, -0.2) is 4.98 Å². The molecule has 0 atom stereocenters. The molecule has 3 heterocycles. The molecule has 0 N–H and O–H groups in total. The summed E-state index contributed by atoms with van der Waals surface area (Å²) >= 11 is 1.47. The Labute approximate surface area is 157 Å². The van der Waals surface area contributed by atoms with Gasteiger partial charge < -0.3 is 14.4 Å². The van der Waals surface area contributed by atoms with Gasteiger partial charge in [-0.2, -0.15) is 0 Å². The Bertz CT molecular complexity index is 908. The van der Waals surface area contributed by atoms with Crippen LogP contribution in [0.15, 0.2) is 48.8 Å². The van der Waals surface area contributed by atoms with Crippen molar-refractivity contribution in [3.8, 4) is 5.13 Å². The molecule has 1 amide bonds. The van der Waals surface area contributed by atoms with Crippen molar-refractivity contribution in [2.24, 2.45) is 0 Å². The van der Waals surface area contributed by atoms with Crippen molar-refractivity contribution >= 4 is 22.9 Å². The predicted octanol–water partition coefficient (Wildman–Crippen LogP) is 3.51. The third-order valence-corrected chi connectivity index (χ3v) is 5.90. The van der Waals surface area contributed by atoms with Crippen molar-refractivity contribution < 1.29 is 4.79 Å². The van der Waals surface area contributed by atoms with Crippen LogP contribution in [0.1, 0.15) is 20.9 Å². The second-order valence-electron chi connectivity index (χ2n) is 6.62. The molecule has 6 heteroatoms. The third-order valence-electron chi connectivity index (χ3n) is 4.74. The molecule has 134 valence electrons. The fraction of sp³-hybridized carbons (Fsp3) is 0.300. The Morgan fingerprint density at radius 2 is 1.77 bits per heavy atom. The number of nitrogens with zero attached hydrogens (tertiary/aromatic N) is 4. The highest BCUT2D eigenvalue weighted by Crippen LogP contribution is 2.24. The molecule has 5 nitrogen and oxygen atoms in total. The SMILES string of the molecule is Cc1cccc(N2CCN(C(=O)c3sc(-n4cccc4)nc3C)CC2)c1. The highest BCUT2D eigenvalue weighted by Gasteiger charge is 2.25. The minimum absolute atomic E-state index is 0.0994. The molecule has 1 aliphatic heterocycles. The zero-order chi connectivity index (χ0) is 18.1. The molecule has 1 fully saturated rings. The van der Waals surface area contributed by atoms with E-state index in [-0.39, 0.29) is 5.91 Å². The number of carbonyl (C=O) groups is 1. The molecular formula is C20H22N4OS. The normalized spacial score (nSPS) is 14.7. The standard InChI is InChI=1S/C20H22N4OS/c1-15-6-5-7-17(14-15)22-10-12-23(13-11-22)19(25)18-16(2)21-20(26-18)24-8-3-4-9-24/h3-9,14H,10-13H2,1-2H3. The number of aromatic nitrogens is 2. The number of piperazine rings is 1. The highest BCUT2D eigenvalue weighted by atomic mass is 32.1. The lowest BCUT2D eigenvalue weighted by Gasteiger charge is -2.36. The van der Waals surface area contributed by atoms with Crippen LogP contribution >= 0.6 is 11.3 Å². The first-order chi connectivity index (χ1) is 12.6. The minimum Gasteiger partial charge on any atom is -0.368 e. The van der Waals surface area contributed by atoms with Crippen LogP contribution in [0.2, 0.25) is 0 Å². The quantitative estimate of drug-likeness (QED) is 0.712. The second-order valence-corrected chi connectivity index (χ2v) is 7.60. The zero-order valence-electron chi connectivity index (χ0n) is 15.1. The Morgan fingerprint density at radius 3 is 2.46 bits per heavy atom. The summed E-state index contributed by atoms with van der Waals surface area (Å²) in [4.78, 5) is 22.6. The van der Waals surface area contributed by atoms with Crippen LogP contribution in [0.25, 0.3) is 5.13 Å². The van der Waals surface area contributed by atoms with E-state index in [0.717, 1.165) is 41.9 Å². The topological polar surface area (TPSA) is 41.4 Å². The van der Waals surface area contributed by atoms with Crippen LogP contribution in [0.4, 0.5) is 5.69 Å². The van der Waals surface area contributed by atoms with Crippen LogP contribution < -0.4 is 4.90 Å². The van der Waals surface area contributed by atoms with Crippen molar-refractivity contribution in [3.05, 3.63) is 64.9 Å². The number of hydrogen-bond acceptors (Lipinski definition) is 4. The van der Waals surface area contributed by atoms with Gasteiger partial charge in [0.25, 0.3) is 5.91 Å². The van der Waals surface area contributed by atoms with Crippen LogP contribution in [0.3, 0.4) is 0 Å². The monoisotopic (exact) mass is 366 g/mol. The lowest BCUT2D eigenvalue weighted by Crippen LogP contribution is -2.48. The molecule has 3 aromatic rings. The van der Waals surface area contributed by atoms with E-state index in [1.807, 2.05) is 40.9 Å². The molecule has 0 bridgehead atoms. The first-order valence-electron chi connectivity index (χ1n) is 8.83. The number of hydrogen-bond donors (Lipinski definition) is 0. The number of thiazole rings is 1. The molecule has 0 saturated carbocycles. The molecule has 0 aliphatic carbocycles. The Kier molecular flexibility index (Phi) is 4.51. The molecular weight excluding hydrogens is 344 g/mol. The fourth-order valence-corrected chi connectivity index (χ4v) is 4.29. The third kappa shape index (κ3) is 3.24. The van der Waals surface area contributed by atoms with E-state index < -0.39 is 0 Å². The van der Waals surface area contributed by atoms with Gasteiger partial charge in [0.2, 0.25) is 0 Å². The number of aryl methyl sites for hydroxylation is 2. The van der Waals surface area contributed by atoms with Crippen molar-refractivity contribution in [2.45, 2.75) is 13.8 Å². The van der Waals surface area contributed by atoms with Gasteiger partial charge in [0, 0.05) is 44.3 Å². The van der Waals surface area contributed by atoms with Crippen LogP contribution in [-0.2, 0) is 0 Å². The van der Waals surface area contributed by atoms with Gasteiger partial charge >= 0.3 is 0 Å². The number of amides is 1. The Morgan fingerprint density at radius 1 is 1.04 bits per heavy atom. The molecule has 0 unspecified atom stereocenters. The van der Waals surface area contributed by atoms with E-state index in [9.17, 15) is 4.79 Å². The van der Waals surface area contributed by atoms with Crippen LogP contribution in [0.5, 0.6) is 0 Å². The zero-order valence-corrected chi connectivity index (χ0v) is 15.9. The van der Waals surface area contributed by atoms with E-state index in [1.54, 1.807) is 0 Å². The van der Waals surface area contributed by atoms with Gasteiger partial charge in [-0.3, -0.25) is 4.79 Å². The number of carbonyl (C=O) groups excluding carboxylic acids is 1. The lowest BCUT2D eigenvalue weighted by molar-refractivity contribution is 0.0750. The van der Waals surface area contributed by atoms with Crippen molar-refractivity contribution in [3.63, 3.8) is 0 Å². The maximum Gasteiger partial charge on any atom is 0.266 e. The van der Waals surface area contributed by atoms with Gasteiger partial charge in [0.15, 0.2) is 5.13 Å². The second kappa shape index (κ2) is 6.96. The van der Waals surface area contributed by atoms with E-state index in [4.69, 9.17) is 0 Å². The maximum absolute atomic E-state index is 13.0. The number of benzene rings is 1. The summed E-state index contributed by atoms with van der Waals surface area (Å²) in [6.45, 7) is 7.22. The van der Waals surface area contributed by atoms with Crippen molar-refractivity contribution in [1.29, 1.82) is 0 Å². The molecule has 2 aromatic heterocycles. The van der Waals surface area contributed by atoms with Gasteiger partial charge in [-0.05, 0) is 43.7 Å². The summed E-state index contributed by atoms with van der Waals surface area (Å²) in [5, 5.41) is 0.842. The van der Waals surface area contributed by atoms with Gasteiger partial charge in [0.05, 0.1) is 5.69 Å². The smallest absolute Gasteiger partial charge is 0.266 e. The van der Waals surface area contributed by atoms with Crippen molar-refractivity contribution in [2.75, 3.05) is 31.1 Å². The summed E-state index contributed by atoms with van der Waals surface area (Å²) in [6.07, 6.45) is 3.90. The summed E-state index contributed by atoms with van der Waals surface area (Å²) in [6, 6.07) is 12.5. The Hall–Kier alpha value is -2.60. The predicted molar refractivity (Wildman–Crippen MR) is 105 cm³/mol. The van der Waals surface area contributed by atoms with Crippen LogP contribution in [0, 0.1) is 13.8 Å².